The van der Waals surface area contributed by atoms with Crippen LogP contribution in [0.5, 0.6) is 0 Å². The lowest BCUT2D eigenvalue weighted by molar-refractivity contribution is -0.130. The Morgan fingerprint density at radius 1 is 1.17 bits per heavy atom. The number of allylic oxidation sites excluding steroid dienone is 1. The monoisotopic (exact) mass is 319 g/mol. The molecule has 1 saturated heterocycles. The van der Waals surface area contributed by atoms with Gasteiger partial charge < -0.3 is 10.2 Å². The molecule has 1 aliphatic carbocycles. The molecule has 2 aliphatic rings. The molecule has 1 aliphatic heterocycles. The molecule has 1 spiro atoms. The number of fused-ring (bicyclic) bond motifs is 2. The van der Waals surface area contributed by atoms with Gasteiger partial charge in [-0.2, -0.15) is 0 Å². The Kier molecular flexibility index (Phi) is 3.81. The number of carbonyl (C=O) groups excluding carboxylic acids is 1. The Labute approximate surface area is 142 Å². The summed E-state index contributed by atoms with van der Waals surface area (Å²) < 4.78 is 0. The zero-order valence-electron chi connectivity index (χ0n) is 13.6. The van der Waals surface area contributed by atoms with Crippen molar-refractivity contribution in [1.82, 2.24) is 9.88 Å². The van der Waals surface area contributed by atoms with Crippen LogP contribution in [0.3, 0.4) is 0 Å². The fourth-order valence-corrected chi connectivity index (χ4v) is 3.78. The second-order valence-corrected chi connectivity index (χ2v) is 6.55. The first-order valence-corrected chi connectivity index (χ1v) is 8.47. The Morgan fingerprint density at radius 2 is 2.00 bits per heavy atom. The van der Waals surface area contributed by atoms with E-state index in [1.54, 1.807) is 12.4 Å². The molecule has 24 heavy (non-hydrogen) atoms. The average molecular weight is 319 g/mol. The van der Waals surface area contributed by atoms with Gasteiger partial charge in [-0.15, -0.1) is 0 Å². The van der Waals surface area contributed by atoms with E-state index >= 15 is 0 Å². The smallest absolute Gasteiger partial charge is 0.241 e. The van der Waals surface area contributed by atoms with Gasteiger partial charge in [0.2, 0.25) is 5.91 Å². The molecule has 0 unspecified atom stereocenters. The van der Waals surface area contributed by atoms with Crippen LogP contribution in [0.4, 0.5) is 5.69 Å². The van der Waals surface area contributed by atoms with Crippen LogP contribution in [0, 0.1) is 0 Å². The molecule has 2 heterocycles. The van der Waals surface area contributed by atoms with Crippen LogP contribution in [-0.2, 0) is 10.2 Å². The standard InChI is InChI=1S/C20H21N3O/c24-19(15-22-17-5-3-11-21-14-17)23-12-9-20(10-13-23)8-7-16-4-1-2-6-18(16)20/h1-8,11,14,22H,9-10,12-13,15H2. The van der Waals surface area contributed by atoms with Gasteiger partial charge in [0.1, 0.15) is 0 Å². The third-order valence-corrected chi connectivity index (χ3v) is 5.19. The lowest BCUT2D eigenvalue weighted by Crippen LogP contribution is -2.45. The molecule has 4 nitrogen and oxygen atoms in total. The molecule has 1 aromatic carbocycles. The predicted molar refractivity (Wildman–Crippen MR) is 95.7 cm³/mol. The van der Waals surface area contributed by atoms with Crippen LogP contribution >= 0.6 is 0 Å². The first-order chi connectivity index (χ1) is 11.8. The molecule has 1 fully saturated rings. The van der Waals surface area contributed by atoms with Gasteiger partial charge >= 0.3 is 0 Å². The van der Waals surface area contributed by atoms with Gasteiger partial charge in [-0.05, 0) is 36.1 Å². The Bertz CT molecular complexity index is 761. The van der Waals surface area contributed by atoms with Crippen molar-refractivity contribution in [3.8, 4) is 0 Å². The molecule has 122 valence electrons. The number of rotatable bonds is 3. The number of amides is 1. The fourth-order valence-electron chi connectivity index (χ4n) is 3.78. The van der Waals surface area contributed by atoms with Crippen molar-refractivity contribution < 1.29 is 4.79 Å². The lowest BCUT2D eigenvalue weighted by Gasteiger charge is -2.39. The van der Waals surface area contributed by atoms with Crippen LogP contribution in [0.1, 0.15) is 24.0 Å². The number of likely N-dealkylation sites (tertiary alicyclic amines) is 1. The lowest BCUT2D eigenvalue weighted by atomic mass is 9.74. The first kappa shape index (κ1) is 14.9. The number of hydrogen-bond donors (Lipinski definition) is 1. The van der Waals surface area contributed by atoms with Crippen molar-refractivity contribution in [3.05, 3.63) is 66.0 Å². The van der Waals surface area contributed by atoms with Crippen molar-refractivity contribution in [3.63, 3.8) is 0 Å². The molecule has 0 bridgehead atoms. The van der Waals surface area contributed by atoms with E-state index in [4.69, 9.17) is 0 Å². The largest absolute Gasteiger partial charge is 0.375 e. The van der Waals surface area contributed by atoms with Gasteiger partial charge in [-0.3, -0.25) is 9.78 Å². The number of anilines is 1. The molecule has 0 saturated carbocycles. The zero-order chi connectivity index (χ0) is 16.4. The zero-order valence-corrected chi connectivity index (χ0v) is 13.6. The number of pyridine rings is 1. The molecular formula is C20H21N3O. The van der Waals surface area contributed by atoms with Crippen LogP contribution < -0.4 is 5.32 Å². The second kappa shape index (κ2) is 6.11. The number of aromatic nitrogens is 1. The van der Waals surface area contributed by atoms with Gasteiger partial charge in [-0.1, -0.05) is 36.4 Å². The van der Waals surface area contributed by atoms with E-state index in [2.05, 4.69) is 46.7 Å². The van der Waals surface area contributed by atoms with Crippen molar-refractivity contribution in [2.75, 3.05) is 25.0 Å². The summed E-state index contributed by atoms with van der Waals surface area (Å²) in [4.78, 5) is 18.5. The fraction of sp³-hybridized carbons (Fsp3) is 0.300. The van der Waals surface area contributed by atoms with Crippen molar-refractivity contribution >= 4 is 17.7 Å². The minimum absolute atomic E-state index is 0.129. The summed E-state index contributed by atoms with van der Waals surface area (Å²) >= 11 is 0. The highest BCUT2D eigenvalue weighted by Crippen LogP contribution is 2.43. The van der Waals surface area contributed by atoms with Gasteiger partial charge in [-0.25, -0.2) is 0 Å². The van der Waals surface area contributed by atoms with Crippen molar-refractivity contribution in [1.29, 1.82) is 0 Å². The van der Waals surface area contributed by atoms with Gasteiger partial charge in [0.15, 0.2) is 0 Å². The van der Waals surface area contributed by atoms with Gasteiger partial charge in [0.25, 0.3) is 0 Å². The molecule has 4 heteroatoms. The van der Waals surface area contributed by atoms with E-state index in [1.165, 1.54) is 11.1 Å². The van der Waals surface area contributed by atoms with Crippen LogP contribution in [0.15, 0.2) is 54.9 Å². The number of benzene rings is 1. The number of carbonyl (C=O) groups is 1. The molecule has 1 aromatic heterocycles. The van der Waals surface area contributed by atoms with Gasteiger partial charge in [0.05, 0.1) is 12.2 Å². The molecule has 0 atom stereocenters. The molecule has 0 radical (unpaired) electrons. The van der Waals surface area contributed by atoms with Crippen molar-refractivity contribution in [2.24, 2.45) is 0 Å². The number of hydrogen-bond acceptors (Lipinski definition) is 3. The molecule has 1 N–H and O–H groups in total. The topological polar surface area (TPSA) is 45.2 Å². The normalized spacial score (nSPS) is 17.8. The maximum absolute atomic E-state index is 12.4. The quantitative estimate of drug-likeness (QED) is 0.945. The predicted octanol–water partition coefficient (Wildman–Crippen LogP) is 3.08. The minimum Gasteiger partial charge on any atom is -0.375 e. The summed E-state index contributed by atoms with van der Waals surface area (Å²) in [5.41, 5.74) is 3.76. The van der Waals surface area contributed by atoms with Crippen LogP contribution in [0.2, 0.25) is 0 Å². The first-order valence-electron chi connectivity index (χ1n) is 8.47. The molecule has 2 aromatic rings. The third kappa shape index (κ3) is 2.68. The van der Waals surface area contributed by atoms with E-state index in [9.17, 15) is 4.79 Å². The maximum Gasteiger partial charge on any atom is 0.241 e. The Balaban J connectivity index is 1.37. The SMILES string of the molecule is O=C(CNc1cccnc1)N1CCC2(C=Cc3ccccc32)CC1. The summed E-state index contributed by atoms with van der Waals surface area (Å²) in [7, 11) is 0. The van der Waals surface area contributed by atoms with E-state index in [-0.39, 0.29) is 11.3 Å². The second-order valence-electron chi connectivity index (χ2n) is 6.55. The Hall–Kier alpha value is -2.62. The van der Waals surface area contributed by atoms with E-state index in [0.717, 1.165) is 31.6 Å². The number of piperidine rings is 1. The molecule has 1 amide bonds. The van der Waals surface area contributed by atoms with E-state index in [0.29, 0.717) is 6.54 Å². The highest BCUT2D eigenvalue weighted by molar-refractivity contribution is 5.81. The molecule has 4 rings (SSSR count). The summed E-state index contributed by atoms with van der Waals surface area (Å²) in [5.74, 6) is 0.156. The third-order valence-electron chi connectivity index (χ3n) is 5.19. The highest BCUT2D eigenvalue weighted by Gasteiger charge is 2.38. The molecular weight excluding hydrogens is 298 g/mol. The van der Waals surface area contributed by atoms with E-state index < -0.39 is 0 Å². The van der Waals surface area contributed by atoms with Crippen LogP contribution in [-0.4, -0.2) is 35.4 Å². The minimum atomic E-state index is 0.129. The Morgan fingerprint density at radius 3 is 2.79 bits per heavy atom. The summed E-state index contributed by atoms with van der Waals surface area (Å²) in [6.07, 6.45) is 10.0. The summed E-state index contributed by atoms with van der Waals surface area (Å²) in [5, 5.41) is 3.15. The van der Waals surface area contributed by atoms with Crippen molar-refractivity contribution in [2.45, 2.75) is 18.3 Å². The average Bonchev–Trinajstić information content (AvgIpc) is 3.00. The van der Waals surface area contributed by atoms with Gasteiger partial charge in [0, 0.05) is 30.9 Å². The highest BCUT2D eigenvalue weighted by atomic mass is 16.2. The number of nitrogens with one attached hydrogen (secondary N) is 1. The maximum atomic E-state index is 12.4. The summed E-state index contributed by atoms with van der Waals surface area (Å²) in [6.45, 7) is 1.95. The van der Waals surface area contributed by atoms with Crippen LogP contribution in [0.25, 0.3) is 6.08 Å². The van der Waals surface area contributed by atoms with E-state index in [1.807, 2.05) is 17.0 Å². The number of nitrogens with zero attached hydrogens (tertiary/aromatic N) is 2. The summed E-state index contributed by atoms with van der Waals surface area (Å²) in [6, 6.07) is 12.4.